The van der Waals surface area contributed by atoms with Gasteiger partial charge in [0, 0.05) is 24.2 Å². The van der Waals surface area contributed by atoms with E-state index in [2.05, 4.69) is 56.7 Å². The summed E-state index contributed by atoms with van der Waals surface area (Å²) in [6, 6.07) is 0. The van der Waals surface area contributed by atoms with Crippen LogP contribution in [0.2, 0.25) is 0 Å². The normalized spacial score (nSPS) is 23.3. The van der Waals surface area contributed by atoms with Gasteiger partial charge in [-0.2, -0.15) is 0 Å². The molecule has 0 aromatic heterocycles. The number of piperidine rings is 2. The van der Waals surface area contributed by atoms with Gasteiger partial charge < -0.3 is 10.2 Å². The molecule has 4 heteroatoms. The van der Waals surface area contributed by atoms with E-state index < -0.39 is 0 Å². The van der Waals surface area contributed by atoms with E-state index in [0.717, 1.165) is 13.1 Å². The Hall–Kier alpha value is -0.610. The highest BCUT2D eigenvalue weighted by atomic mass is 16.2. The van der Waals surface area contributed by atoms with Gasteiger partial charge in [0.1, 0.15) is 0 Å². The fraction of sp³-hybridized carbons (Fsp3) is 0.947. The second-order valence-corrected chi connectivity index (χ2v) is 9.64. The summed E-state index contributed by atoms with van der Waals surface area (Å²) in [5.74, 6) is 0.266. The molecule has 2 aliphatic rings. The van der Waals surface area contributed by atoms with Gasteiger partial charge in [0.2, 0.25) is 5.91 Å². The van der Waals surface area contributed by atoms with Crippen molar-refractivity contribution in [3.05, 3.63) is 0 Å². The molecule has 0 unspecified atom stereocenters. The highest BCUT2D eigenvalue weighted by molar-refractivity contribution is 5.78. The van der Waals surface area contributed by atoms with Gasteiger partial charge in [-0.1, -0.05) is 0 Å². The van der Waals surface area contributed by atoms with E-state index in [1.807, 2.05) is 0 Å². The summed E-state index contributed by atoms with van der Waals surface area (Å²) in [6.45, 7) is 18.0. The minimum atomic E-state index is 0.00640. The Morgan fingerprint density at radius 2 is 1.39 bits per heavy atom. The first-order valence-corrected chi connectivity index (χ1v) is 9.29. The standard InChI is InChI=1S/C19H37N3O/c1-17(2,3)20-15-16(23)21-11-7-19(8-12-21)9-13-22(14-10-19)18(4,5)6/h20H,7-15H2,1-6H3. The minimum absolute atomic E-state index is 0.00640. The van der Waals surface area contributed by atoms with E-state index >= 15 is 0 Å². The van der Waals surface area contributed by atoms with Crippen molar-refractivity contribution in [1.82, 2.24) is 15.1 Å². The molecule has 23 heavy (non-hydrogen) atoms. The van der Waals surface area contributed by atoms with Crippen molar-refractivity contribution in [1.29, 1.82) is 0 Å². The number of nitrogens with one attached hydrogen (secondary N) is 1. The van der Waals surface area contributed by atoms with Crippen molar-refractivity contribution in [3.8, 4) is 0 Å². The summed E-state index contributed by atoms with van der Waals surface area (Å²) >= 11 is 0. The molecular formula is C19H37N3O. The van der Waals surface area contributed by atoms with Crippen molar-refractivity contribution in [3.63, 3.8) is 0 Å². The Morgan fingerprint density at radius 1 is 0.913 bits per heavy atom. The Bertz CT molecular complexity index is 401. The second kappa shape index (κ2) is 6.72. The molecule has 0 bridgehead atoms. The molecule has 4 nitrogen and oxygen atoms in total. The molecule has 0 atom stereocenters. The number of likely N-dealkylation sites (tertiary alicyclic amines) is 2. The molecule has 0 saturated carbocycles. The SMILES string of the molecule is CC(C)(C)NCC(=O)N1CCC2(CC1)CCN(C(C)(C)C)CC2. The van der Waals surface area contributed by atoms with Gasteiger partial charge in [-0.25, -0.2) is 0 Å². The van der Waals surface area contributed by atoms with E-state index in [1.165, 1.54) is 38.8 Å². The van der Waals surface area contributed by atoms with E-state index in [9.17, 15) is 4.79 Å². The second-order valence-electron chi connectivity index (χ2n) is 9.64. The summed E-state index contributed by atoms with van der Waals surface area (Å²) in [5, 5.41) is 3.31. The molecule has 1 spiro atoms. The zero-order valence-corrected chi connectivity index (χ0v) is 16.2. The van der Waals surface area contributed by atoms with Crippen LogP contribution in [-0.2, 0) is 4.79 Å². The number of rotatable bonds is 2. The average molecular weight is 324 g/mol. The van der Waals surface area contributed by atoms with Gasteiger partial charge in [-0.05, 0) is 85.7 Å². The largest absolute Gasteiger partial charge is 0.342 e. The van der Waals surface area contributed by atoms with Crippen LogP contribution in [0.15, 0.2) is 0 Å². The highest BCUT2D eigenvalue weighted by Crippen LogP contribution is 2.42. The molecule has 2 heterocycles. The number of amides is 1. The number of carbonyl (C=O) groups excluding carboxylic acids is 1. The molecule has 1 amide bonds. The maximum Gasteiger partial charge on any atom is 0.236 e. The number of hydrogen-bond acceptors (Lipinski definition) is 3. The van der Waals surface area contributed by atoms with Crippen LogP contribution >= 0.6 is 0 Å². The van der Waals surface area contributed by atoms with Crippen molar-refractivity contribution >= 4 is 5.91 Å². The van der Waals surface area contributed by atoms with Crippen LogP contribution in [0.25, 0.3) is 0 Å². The van der Waals surface area contributed by atoms with Gasteiger partial charge in [0.25, 0.3) is 0 Å². The van der Waals surface area contributed by atoms with Gasteiger partial charge in [-0.15, -0.1) is 0 Å². The zero-order valence-electron chi connectivity index (χ0n) is 16.2. The lowest BCUT2D eigenvalue weighted by molar-refractivity contribution is -0.133. The van der Waals surface area contributed by atoms with Crippen LogP contribution in [0.4, 0.5) is 0 Å². The van der Waals surface area contributed by atoms with Crippen molar-refractivity contribution in [2.45, 2.75) is 78.3 Å². The zero-order chi connectivity index (χ0) is 17.3. The first-order valence-electron chi connectivity index (χ1n) is 9.29. The van der Waals surface area contributed by atoms with Crippen molar-refractivity contribution < 1.29 is 4.79 Å². The fourth-order valence-electron chi connectivity index (χ4n) is 3.83. The van der Waals surface area contributed by atoms with Crippen LogP contribution in [0.1, 0.15) is 67.2 Å². The van der Waals surface area contributed by atoms with Gasteiger partial charge in [-0.3, -0.25) is 9.69 Å². The first kappa shape index (κ1) is 18.7. The van der Waals surface area contributed by atoms with Crippen LogP contribution in [0.3, 0.4) is 0 Å². The molecule has 2 rings (SSSR count). The summed E-state index contributed by atoms with van der Waals surface area (Å²) in [6.07, 6.45) is 4.97. The van der Waals surface area contributed by atoms with Crippen LogP contribution in [-0.4, -0.2) is 59.5 Å². The molecular weight excluding hydrogens is 286 g/mol. The van der Waals surface area contributed by atoms with Crippen LogP contribution < -0.4 is 5.32 Å². The first-order chi connectivity index (χ1) is 10.5. The Morgan fingerprint density at radius 3 is 1.83 bits per heavy atom. The lowest BCUT2D eigenvalue weighted by atomic mass is 9.70. The smallest absolute Gasteiger partial charge is 0.236 e. The fourth-order valence-corrected chi connectivity index (χ4v) is 3.83. The maximum atomic E-state index is 12.4. The summed E-state index contributed by atoms with van der Waals surface area (Å²) in [7, 11) is 0. The number of carbonyl (C=O) groups is 1. The molecule has 0 aliphatic carbocycles. The predicted molar refractivity (Wildman–Crippen MR) is 96.6 cm³/mol. The molecule has 2 fully saturated rings. The maximum absolute atomic E-state index is 12.4. The third-order valence-corrected chi connectivity index (χ3v) is 5.72. The Kier molecular flexibility index (Phi) is 5.47. The average Bonchev–Trinajstić information content (AvgIpc) is 2.44. The molecule has 2 saturated heterocycles. The van der Waals surface area contributed by atoms with E-state index in [0.29, 0.717) is 12.0 Å². The molecule has 2 aliphatic heterocycles. The lowest BCUT2D eigenvalue weighted by Crippen LogP contribution is -2.53. The van der Waals surface area contributed by atoms with Crippen molar-refractivity contribution in [2.75, 3.05) is 32.7 Å². The van der Waals surface area contributed by atoms with Gasteiger partial charge in [0.05, 0.1) is 6.54 Å². The lowest BCUT2D eigenvalue weighted by Gasteiger charge is -2.50. The minimum Gasteiger partial charge on any atom is -0.342 e. The summed E-state index contributed by atoms with van der Waals surface area (Å²) < 4.78 is 0. The van der Waals surface area contributed by atoms with Crippen molar-refractivity contribution in [2.24, 2.45) is 5.41 Å². The van der Waals surface area contributed by atoms with Crippen LogP contribution in [0.5, 0.6) is 0 Å². The molecule has 0 aromatic rings. The van der Waals surface area contributed by atoms with Gasteiger partial charge in [0.15, 0.2) is 0 Å². The molecule has 1 N–H and O–H groups in total. The highest BCUT2D eigenvalue weighted by Gasteiger charge is 2.40. The summed E-state index contributed by atoms with van der Waals surface area (Å²) in [5.41, 5.74) is 0.791. The Balaban J connectivity index is 1.79. The van der Waals surface area contributed by atoms with E-state index in [4.69, 9.17) is 0 Å². The molecule has 0 radical (unpaired) electrons. The van der Waals surface area contributed by atoms with Crippen LogP contribution in [0, 0.1) is 5.41 Å². The van der Waals surface area contributed by atoms with Gasteiger partial charge >= 0.3 is 0 Å². The monoisotopic (exact) mass is 323 g/mol. The number of hydrogen-bond donors (Lipinski definition) is 1. The number of nitrogens with zero attached hydrogens (tertiary/aromatic N) is 2. The third-order valence-electron chi connectivity index (χ3n) is 5.72. The third kappa shape index (κ3) is 5.18. The summed E-state index contributed by atoms with van der Waals surface area (Å²) in [4.78, 5) is 17.0. The quantitative estimate of drug-likeness (QED) is 0.849. The van der Waals surface area contributed by atoms with E-state index in [-0.39, 0.29) is 17.0 Å². The molecule has 134 valence electrons. The topological polar surface area (TPSA) is 35.6 Å². The molecule has 0 aromatic carbocycles. The predicted octanol–water partition coefficient (Wildman–Crippen LogP) is 2.88. The Labute approximate surface area is 143 Å². The van der Waals surface area contributed by atoms with E-state index in [1.54, 1.807) is 0 Å².